The van der Waals surface area contributed by atoms with Crippen LogP contribution in [-0.2, 0) is 4.79 Å². The summed E-state index contributed by atoms with van der Waals surface area (Å²) in [6, 6.07) is 4.00. The Morgan fingerprint density at radius 1 is 1.57 bits per heavy atom. The molecule has 0 radical (unpaired) electrons. The monoisotopic (exact) mass is 274 g/mol. The topological polar surface area (TPSA) is 37.3 Å². The number of thiophene rings is 1. The third kappa shape index (κ3) is 1.41. The Kier molecular flexibility index (Phi) is 2.23. The normalized spacial score (nSPS) is 28.8. The molecule has 0 spiro atoms. The SMILES string of the molecule is CC1(C)[C@H](C(=O)O)[C@H]1c1ccc(Br)s1. The summed E-state index contributed by atoms with van der Waals surface area (Å²) in [5, 5.41) is 9.02. The van der Waals surface area contributed by atoms with Crippen LogP contribution in [-0.4, -0.2) is 11.1 Å². The maximum absolute atomic E-state index is 11.0. The first-order valence-corrected chi connectivity index (χ1v) is 6.03. The molecule has 1 saturated carbocycles. The third-order valence-corrected chi connectivity index (χ3v) is 4.70. The highest BCUT2D eigenvalue weighted by Crippen LogP contribution is 2.65. The van der Waals surface area contributed by atoms with Crippen molar-refractivity contribution in [1.29, 1.82) is 0 Å². The van der Waals surface area contributed by atoms with Gasteiger partial charge >= 0.3 is 5.97 Å². The highest BCUT2D eigenvalue weighted by Gasteiger charge is 2.63. The van der Waals surface area contributed by atoms with E-state index in [1.54, 1.807) is 11.3 Å². The molecule has 14 heavy (non-hydrogen) atoms. The molecular weight excluding hydrogens is 264 g/mol. The van der Waals surface area contributed by atoms with Crippen LogP contribution >= 0.6 is 27.3 Å². The highest BCUT2D eigenvalue weighted by molar-refractivity contribution is 9.11. The van der Waals surface area contributed by atoms with Crippen molar-refractivity contribution in [3.8, 4) is 0 Å². The second kappa shape index (κ2) is 3.07. The molecule has 4 heteroatoms. The number of hydrogen-bond acceptors (Lipinski definition) is 2. The van der Waals surface area contributed by atoms with Gasteiger partial charge in [-0.3, -0.25) is 4.79 Å². The summed E-state index contributed by atoms with van der Waals surface area (Å²) in [6.07, 6.45) is 0. The second-order valence-electron chi connectivity index (χ2n) is 4.26. The van der Waals surface area contributed by atoms with E-state index in [-0.39, 0.29) is 17.3 Å². The minimum atomic E-state index is -0.676. The fraction of sp³-hybridized carbons (Fsp3) is 0.500. The van der Waals surface area contributed by atoms with Gasteiger partial charge in [-0.2, -0.15) is 0 Å². The molecule has 2 nitrogen and oxygen atoms in total. The molecule has 1 aliphatic rings. The summed E-state index contributed by atoms with van der Waals surface area (Å²) in [6.45, 7) is 4.04. The van der Waals surface area contributed by atoms with E-state index >= 15 is 0 Å². The minimum absolute atomic E-state index is 0.0872. The van der Waals surface area contributed by atoms with E-state index in [1.807, 2.05) is 26.0 Å². The molecule has 1 aromatic rings. The minimum Gasteiger partial charge on any atom is -0.481 e. The van der Waals surface area contributed by atoms with E-state index in [4.69, 9.17) is 5.11 Å². The maximum atomic E-state index is 11.0. The Morgan fingerprint density at radius 3 is 2.57 bits per heavy atom. The van der Waals surface area contributed by atoms with Gasteiger partial charge in [0, 0.05) is 10.8 Å². The Bertz CT molecular complexity index is 383. The molecule has 0 aromatic carbocycles. The average molecular weight is 275 g/mol. The molecule has 76 valence electrons. The molecule has 1 aliphatic carbocycles. The lowest BCUT2D eigenvalue weighted by atomic mass is 10.1. The first-order chi connectivity index (χ1) is 6.44. The number of carboxylic acid groups (broad SMARTS) is 1. The number of carboxylic acids is 1. The standard InChI is InChI=1S/C10H11BrO2S/c1-10(2)7(8(10)9(12)13)5-3-4-6(11)14-5/h3-4,7-8H,1-2H3,(H,12,13)/t7-,8+/m1/s1. The summed E-state index contributed by atoms with van der Waals surface area (Å²) < 4.78 is 1.07. The molecule has 0 bridgehead atoms. The molecule has 2 rings (SSSR count). The van der Waals surface area contributed by atoms with E-state index in [1.165, 1.54) is 4.88 Å². The quantitative estimate of drug-likeness (QED) is 0.898. The first kappa shape index (κ1) is 10.2. The molecule has 0 saturated heterocycles. The lowest BCUT2D eigenvalue weighted by Gasteiger charge is -1.97. The van der Waals surface area contributed by atoms with Gasteiger partial charge in [-0.05, 0) is 33.5 Å². The Hall–Kier alpha value is -0.350. The van der Waals surface area contributed by atoms with Crippen molar-refractivity contribution in [1.82, 2.24) is 0 Å². The molecule has 1 aromatic heterocycles. The zero-order chi connectivity index (χ0) is 10.5. The van der Waals surface area contributed by atoms with Gasteiger partial charge in [0.1, 0.15) is 0 Å². The van der Waals surface area contributed by atoms with Gasteiger partial charge in [-0.15, -0.1) is 11.3 Å². The first-order valence-electron chi connectivity index (χ1n) is 4.42. The number of carbonyl (C=O) groups is 1. The number of aliphatic carboxylic acids is 1. The molecule has 1 heterocycles. The molecule has 1 N–H and O–H groups in total. The maximum Gasteiger partial charge on any atom is 0.307 e. The molecule has 2 atom stereocenters. The van der Waals surface area contributed by atoms with Crippen LogP contribution in [0.2, 0.25) is 0 Å². The number of halogens is 1. The van der Waals surface area contributed by atoms with Crippen LogP contribution < -0.4 is 0 Å². The van der Waals surface area contributed by atoms with Crippen LogP contribution in [0.25, 0.3) is 0 Å². The third-order valence-electron chi connectivity index (χ3n) is 2.99. The summed E-state index contributed by atoms with van der Waals surface area (Å²) in [4.78, 5) is 12.1. The van der Waals surface area contributed by atoms with Crippen molar-refractivity contribution in [3.05, 3.63) is 20.8 Å². The van der Waals surface area contributed by atoms with Crippen molar-refractivity contribution in [2.75, 3.05) is 0 Å². The van der Waals surface area contributed by atoms with E-state index < -0.39 is 5.97 Å². The predicted octanol–water partition coefficient (Wildman–Crippen LogP) is 3.33. The van der Waals surface area contributed by atoms with Gasteiger partial charge in [-0.1, -0.05) is 13.8 Å². The van der Waals surface area contributed by atoms with Gasteiger partial charge in [-0.25, -0.2) is 0 Å². The highest BCUT2D eigenvalue weighted by atomic mass is 79.9. The summed E-state index contributed by atoms with van der Waals surface area (Å²) in [7, 11) is 0. The van der Waals surface area contributed by atoms with Crippen molar-refractivity contribution in [3.63, 3.8) is 0 Å². The van der Waals surface area contributed by atoms with Gasteiger partial charge in [0.15, 0.2) is 0 Å². The lowest BCUT2D eigenvalue weighted by Crippen LogP contribution is -2.02. The van der Waals surface area contributed by atoms with Crippen molar-refractivity contribution in [2.24, 2.45) is 11.3 Å². The summed E-state index contributed by atoms with van der Waals surface area (Å²) in [5.41, 5.74) is -0.0872. The molecular formula is C10H11BrO2S. The van der Waals surface area contributed by atoms with Crippen LogP contribution in [0.3, 0.4) is 0 Å². The van der Waals surface area contributed by atoms with Gasteiger partial charge in [0.25, 0.3) is 0 Å². The van der Waals surface area contributed by atoms with E-state index in [0.29, 0.717) is 0 Å². The number of hydrogen-bond donors (Lipinski definition) is 1. The van der Waals surface area contributed by atoms with E-state index in [9.17, 15) is 4.79 Å². The zero-order valence-corrected chi connectivity index (χ0v) is 10.4. The van der Waals surface area contributed by atoms with Crippen LogP contribution in [0.1, 0.15) is 24.6 Å². The Morgan fingerprint density at radius 2 is 2.21 bits per heavy atom. The smallest absolute Gasteiger partial charge is 0.307 e. The van der Waals surface area contributed by atoms with Gasteiger partial charge in [0.05, 0.1) is 9.70 Å². The van der Waals surface area contributed by atoms with Crippen LogP contribution in [0.5, 0.6) is 0 Å². The molecule has 0 unspecified atom stereocenters. The van der Waals surface area contributed by atoms with Crippen LogP contribution in [0.4, 0.5) is 0 Å². The molecule has 1 fully saturated rings. The number of rotatable bonds is 2. The molecule has 0 aliphatic heterocycles. The van der Waals surface area contributed by atoms with E-state index in [0.717, 1.165) is 3.79 Å². The summed E-state index contributed by atoms with van der Waals surface area (Å²) in [5.74, 6) is -0.700. The van der Waals surface area contributed by atoms with E-state index in [2.05, 4.69) is 15.9 Å². The Labute approximate surface area is 95.1 Å². The van der Waals surface area contributed by atoms with Gasteiger partial charge < -0.3 is 5.11 Å². The van der Waals surface area contributed by atoms with Crippen molar-refractivity contribution >= 4 is 33.2 Å². The Balaban J connectivity index is 2.27. The fourth-order valence-corrected chi connectivity index (χ4v) is 3.88. The summed E-state index contributed by atoms with van der Waals surface area (Å²) >= 11 is 5.03. The zero-order valence-electron chi connectivity index (χ0n) is 7.95. The predicted molar refractivity (Wildman–Crippen MR) is 59.7 cm³/mol. The van der Waals surface area contributed by atoms with Crippen molar-refractivity contribution < 1.29 is 9.90 Å². The van der Waals surface area contributed by atoms with Crippen molar-refractivity contribution in [2.45, 2.75) is 19.8 Å². The van der Waals surface area contributed by atoms with Crippen LogP contribution in [0.15, 0.2) is 15.9 Å². The van der Waals surface area contributed by atoms with Crippen LogP contribution in [0, 0.1) is 11.3 Å². The fourth-order valence-electron chi connectivity index (χ4n) is 2.13. The lowest BCUT2D eigenvalue weighted by molar-refractivity contribution is -0.139. The van der Waals surface area contributed by atoms with Gasteiger partial charge in [0.2, 0.25) is 0 Å². The molecule has 0 amide bonds. The average Bonchev–Trinajstić information content (AvgIpc) is 2.42. The largest absolute Gasteiger partial charge is 0.481 e. The second-order valence-corrected chi connectivity index (χ2v) is 6.75.